The van der Waals surface area contributed by atoms with Crippen LogP contribution < -0.4 is 4.74 Å². The van der Waals surface area contributed by atoms with Gasteiger partial charge in [-0.05, 0) is 45.2 Å². The van der Waals surface area contributed by atoms with Gasteiger partial charge in [-0.25, -0.2) is 0 Å². The van der Waals surface area contributed by atoms with Crippen LogP contribution in [0.4, 0.5) is 0 Å². The number of methoxy groups -OCH3 is 1. The lowest BCUT2D eigenvalue weighted by Crippen LogP contribution is -1.92. The zero-order valence-corrected chi connectivity index (χ0v) is 13.7. The fraction of sp³-hybridized carbons (Fsp3) is 0.556. The molecule has 0 aliphatic carbocycles. The molecule has 0 saturated heterocycles. The molecule has 0 unspecified atom stereocenters. The average Bonchev–Trinajstić information content (AvgIpc) is 2.48. The molecule has 0 bridgehead atoms. The fourth-order valence-electron chi connectivity index (χ4n) is 1.80. The standard InChI is InChI=1S/C16H24O2.C2H6/c1-4-18-12-8-6-5-7-9-15-13-14(2)10-11-16(15)17-3;1-2/h7,9-11,13H,4-6,8,12H2,1-3H3;1-2H3/b9-7+;. The summed E-state index contributed by atoms with van der Waals surface area (Å²) in [6.45, 7) is 9.82. The van der Waals surface area contributed by atoms with E-state index in [9.17, 15) is 0 Å². The van der Waals surface area contributed by atoms with Crippen molar-refractivity contribution in [3.05, 3.63) is 35.4 Å². The first-order valence-corrected chi connectivity index (χ1v) is 7.67. The smallest absolute Gasteiger partial charge is 0.126 e. The van der Waals surface area contributed by atoms with Gasteiger partial charge in [0.05, 0.1) is 7.11 Å². The predicted molar refractivity (Wildman–Crippen MR) is 88.5 cm³/mol. The number of aryl methyl sites for hydroxylation is 1. The van der Waals surface area contributed by atoms with Crippen LogP contribution >= 0.6 is 0 Å². The molecule has 1 rings (SSSR count). The monoisotopic (exact) mass is 278 g/mol. The van der Waals surface area contributed by atoms with E-state index in [2.05, 4.69) is 31.2 Å². The Morgan fingerprint density at radius 3 is 2.55 bits per heavy atom. The summed E-state index contributed by atoms with van der Waals surface area (Å²) in [6, 6.07) is 6.23. The van der Waals surface area contributed by atoms with Crippen LogP contribution in [0.1, 0.15) is 51.2 Å². The average molecular weight is 278 g/mol. The van der Waals surface area contributed by atoms with Crippen molar-refractivity contribution < 1.29 is 9.47 Å². The van der Waals surface area contributed by atoms with Crippen LogP contribution in [0.5, 0.6) is 5.75 Å². The van der Waals surface area contributed by atoms with Gasteiger partial charge in [0.15, 0.2) is 0 Å². The van der Waals surface area contributed by atoms with Crippen molar-refractivity contribution in [1.82, 2.24) is 0 Å². The Morgan fingerprint density at radius 2 is 1.90 bits per heavy atom. The van der Waals surface area contributed by atoms with Gasteiger partial charge >= 0.3 is 0 Å². The van der Waals surface area contributed by atoms with Gasteiger partial charge in [0.25, 0.3) is 0 Å². The molecule has 0 fully saturated rings. The Bertz CT molecular complexity index is 370. The summed E-state index contributed by atoms with van der Waals surface area (Å²) < 4.78 is 10.6. The highest BCUT2D eigenvalue weighted by molar-refractivity contribution is 5.58. The molecule has 0 aliphatic heterocycles. The number of hydrogen-bond acceptors (Lipinski definition) is 2. The van der Waals surface area contributed by atoms with Crippen LogP contribution in [0.3, 0.4) is 0 Å². The van der Waals surface area contributed by atoms with Gasteiger partial charge in [0.1, 0.15) is 5.75 Å². The van der Waals surface area contributed by atoms with E-state index >= 15 is 0 Å². The van der Waals surface area contributed by atoms with Gasteiger partial charge in [-0.1, -0.05) is 37.6 Å². The zero-order valence-electron chi connectivity index (χ0n) is 13.7. The number of unbranched alkanes of at least 4 members (excludes halogenated alkanes) is 2. The summed E-state index contributed by atoms with van der Waals surface area (Å²) >= 11 is 0. The van der Waals surface area contributed by atoms with E-state index in [-0.39, 0.29) is 0 Å². The third-order valence-corrected chi connectivity index (χ3v) is 2.80. The number of rotatable bonds is 8. The van der Waals surface area contributed by atoms with E-state index in [1.165, 1.54) is 12.0 Å². The molecule has 0 atom stereocenters. The molecule has 114 valence electrons. The fourth-order valence-corrected chi connectivity index (χ4v) is 1.80. The molecule has 20 heavy (non-hydrogen) atoms. The van der Waals surface area contributed by atoms with Crippen molar-refractivity contribution in [2.24, 2.45) is 0 Å². The molecule has 0 saturated carbocycles. The number of hydrogen-bond donors (Lipinski definition) is 0. The molecule has 0 aromatic heterocycles. The lowest BCUT2D eigenvalue weighted by Gasteiger charge is -2.05. The Hall–Kier alpha value is -1.28. The lowest BCUT2D eigenvalue weighted by molar-refractivity contribution is 0.143. The number of benzene rings is 1. The molecule has 0 heterocycles. The van der Waals surface area contributed by atoms with Crippen molar-refractivity contribution in [3.8, 4) is 5.75 Å². The van der Waals surface area contributed by atoms with Crippen LogP contribution in [-0.4, -0.2) is 20.3 Å². The lowest BCUT2D eigenvalue weighted by atomic mass is 10.1. The Balaban J connectivity index is 0.00000172. The van der Waals surface area contributed by atoms with Crippen LogP contribution in [0.25, 0.3) is 6.08 Å². The maximum absolute atomic E-state index is 5.34. The van der Waals surface area contributed by atoms with E-state index in [1.807, 2.05) is 26.8 Å². The van der Waals surface area contributed by atoms with Crippen molar-refractivity contribution in [1.29, 1.82) is 0 Å². The summed E-state index contributed by atoms with van der Waals surface area (Å²) in [5.74, 6) is 0.936. The van der Waals surface area contributed by atoms with Gasteiger partial charge in [-0.3, -0.25) is 0 Å². The highest BCUT2D eigenvalue weighted by Gasteiger charge is 1.98. The molecule has 1 aromatic carbocycles. The van der Waals surface area contributed by atoms with Gasteiger partial charge in [0, 0.05) is 18.8 Å². The molecule has 0 N–H and O–H groups in total. The molecule has 2 heteroatoms. The van der Waals surface area contributed by atoms with Gasteiger partial charge in [-0.2, -0.15) is 0 Å². The molecule has 0 spiro atoms. The minimum atomic E-state index is 0.816. The van der Waals surface area contributed by atoms with Crippen molar-refractivity contribution in [2.45, 2.75) is 47.0 Å². The Morgan fingerprint density at radius 1 is 1.15 bits per heavy atom. The first kappa shape index (κ1) is 18.7. The number of allylic oxidation sites excluding steroid dienone is 1. The maximum Gasteiger partial charge on any atom is 0.126 e. The molecule has 2 nitrogen and oxygen atoms in total. The molecule has 0 aliphatic rings. The summed E-state index contributed by atoms with van der Waals surface area (Å²) in [5.41, 5.74) is 2.41. The molecule has 1 aromatic rings. The third kappa shape index (κ3) is 8.00. The zero-order chi connectivity index (χ0) is 15.2. The minimum Gasteiger partial charge on any atom is -0.496 e. The van der Waals surface area contributed by atoms with Gasteiger partial charge in [-0.15, -0.1) is 0 Å². The SMILES string of the molecule is CC.CCOCCCC/C=C/c1cc(C)ccc1OC. The molecule has 0 amide bonds. The number of ether oxygens (including phenoxy) is 2. The van der Waals surface area contributed by atoms with E-state index < -0.39 is 0 Å². The van der Waals surface area contributed by atoms with Gasteiger partial charge < -0.3 is 9.47 Å². The Kier molecular flexibility index (Phi) is 11.9. The van der Waals surface area contributed by atoms with Crippen LogP contribution in [0, 0.1) is 6.92 Å². The largest absolute Gasteiger partial charge is 0.496 e. The van der Waals surface area contributed by atoms with E-state index in [4.69, 9.17) is 9.47 Å². The highest BCUT2D eigenvalue weighted by atomic mass is 16.5. The highest BCUT2D eigenvalue weighted by Crippen LogP contribution is 2.21. The molecular weight excluding hydrogens is 248 g/mol. The quantitative estimate of drug-likeness (QED) is 0.605. The summed E-state index contributed by atoms with van der Waals surface area (Å²) in [5, 5.41) is 0. The summed E-state index contributed by atoms with van der Waals surface area (Å²) in [7, 11) is 1.71. The summed E-state index contributed by atoms with van der Waals surface area (Å²) in [6.07, 6.45) is 7.74. The second-order valence-electron chi connectivity index (χ2n) is 4.34. The van der Waals surface area contributed by atoms with Crippen LogP contribution in [0.15, 0.2) is 24.3 Å². The predicted octanol–water partition coefficient (Wildman–Crippen LogP) is 5.25. The minimum absolute atomic E-state index is 0.816. The van der Waals surface area contributed by atoms with Crippen LogP contribution in [0.2, 0.25) is 0 Å². The normalized spacial score (nSPS) is 10.2. The third-order valence-electron chi connectivity index (χ3n) is 2.80. The first-order valence-electron chi connectivity index (χ1n) is 7.67. The van der Waals surface area contributed by atoms with Crippen molar-refractivity contribution in [2.75, 3.05) is 20.3 Å². The van der Waals surface area contributed by atoms with Crippen molar-refractivity contribution in [3.63, 3.8) is 0 Å². The summed E-state index contributed by atoms with van der Waals surface area (Å²) in [4.78, 5) is 0. The van der Waals surface area contributed by atoms with E-state index in [0.717, 1.165) is 37.4 Å². The second kappa shape index (κ2) is 12.7. The van der Waals surface area contributed by atoms with E-state index in [1.54, 1.807) is 7.11 Å². The van der Waals surface area contributed by atoms with E-state index in [0.29, 0.717) is 0 Å². The Labute approximate surface area is 124 Å². The maximum atomic E-state index is 5.34. The second-order valence-corrected chi connectivity index (χ2v) is 4.34. The van der Waals surface area contributed by atoms with Crippen molar-refractivity contribution >= 4 is 6.08 Å². The first-order chi connectivity index (χ1) is 9.77. The van der Waals surface area contributed by atoms with Crippen LogP contribution in [-0.2, 0) is 4.74 Å². The van der Waals surface area contributed by atoms with Gasteiger partial charge in [0.2, 0.25) is 0 Å². The topological polar surface area (TPSA) is 18.5 Å². The molecule has 0 radical (unpaired) electrons. The molecular formula is C18H30O2.